The predicted molar refractivity (Wildman–Crippen MR) is 101 cm³/mol. The number of amides is 1. The molecular formula is C20H25N5O. The van der Waals surface area contributed by atoms with Crippen LogP contribution in [0, 0.1) is 0 Å². The van der Waals surface area contributed by atoms with Crippen molar-refractivity contribution < 1.29 is 4.79 Å². The summed E-state index contributed by atoms with van der Waals surface area (Å²) in [4.78, 5) is 16.8. The highest BCUT2D eigenvalue weighted by atomic mass is 16.2. The van der Waals surface area contributed by atoms with Crippen molar-refractivity contribution in [1.29, 1.82) is 0 Å². The maximum absolute atomic E-state index is 12.5. The third-order valence-corrected chi connectivity index (χ3v) is 4.38. The minimum atomic E-state index is -0.276. The maximum Gasteiger partial charge on any atom is 0.242 e. The van der Waals surface area contributed by atoms with E-state index in [9.17, 15) is 4.79 Å². The van der Waals surface area contributed by atoms with E-state index in [2.05, 4.69) is 29.2 Å². The first kappa shape index (κ1) is 17.9. The summed E-state index contributed by atoms with van der Waals surface area (Å²) < 4.78 is 3.79. The van der Waals surface area contributed by atoms with Crippen LogP contribution in [-0.2, 0) is 11.2 Å². The van der Waals surface area contributed by atoms with Crippen LogP contribution in [0.5, 0.6) is 0 Å². The van der Waals surface area contributed by atoms with Crippen LogP contribution in [0.15, 0.2) is 55.1 Å². The number of carbonyl (C=O) groups excluding carboxylic acids is 1. The molecule has 0 saturated carbocycles. The molecule has 0 radical (unpaired) electrons. The van der Waals surface area contributed by atoms with Gasteiger partial charge in [-0.1, -0.05) is 32.0 Å². The molecule has 136 valence electrons. The van der Waals surface area contributed by atoms with Gasteiger partial charge in [0.25, 0.3) is 0 Å². The summed E-state index contributed by atoms with van der Waals surface area (Å²) >= 11 is 0. The van der Waals surface area contributed by atoms with E-state index in [1.807, 2.05) is 65.1 Å². The second-order valence-corrected chi connectivity index (χ2v) is 6.69. The molecule has 6 heteroatoms. The molecule has 3 rings (SSSR count). The first-order valence-corrected chi connectivity index (χ1v) is 8.95. The lowest BCUT2D eigenvalue weighted by Crippen LogP contribution is -2.33. The van der Waals surface area contributed by atoms with Crippen molar-refractivity contribution >= 4 is 5.91 Å². The quantitative estimate of drug-likeness (QED) is 0.711. The summed E-state index contributed by atoms with van der Waals surface area (Å²) in [6.45, 7) is 6.63. The van der Waals surface area contributed by atoms with Crippen molar-refractivity contribution in [2.45, 2.75) is 39.2 Å². The molecule has 6 nitrogen and oxygen atoms in total. The Morgan fingerprint density at radius 2 is 1.96 bits per heavy atom. The van der Waals surface area contributed by atoms with Crippen LogP contribution in [0.25, 0.3) is 5.69 Å². The van der Waals surface area contributed by atoms with E-state index in [4.69, 9.17) is 0 Å². The second kappa shape index (κ2) is 7.99. The van der Waals surface area contributed by atoms with Crippen LogP contribution < -0.4 is 5.32 Å². The molecule has 2 aromatic heterocycles. The maximum atomic E-state index is 12.5. The highest BCUT2D eigenvalue weighted by molar-refractivity contribution is 5.79. The highest BCUT2D eigenvalue weighted by Crippen LogP contribution is 2.17. The topological polar surface area (TPSA) is 64.7 Å². The van der Waals surface area contributed by atoms with Crippen molar-refractivity contribution in [3.63, 3.8) is 0 Å². The molecule has 0 bridgehead atoms. The molecule has 1 aromatic carbocycles. The zero-order valence-corrected chi connectivity index (χ0v) is 15.5. The second-order valence-electron chi connectivity index (χ2n) is 6.69. The van der Waals surface area contributed by atoms with Gasteiger partial charge in [0, 0.05) is 31.1 Å². The Hall–Kier alpha value is -2.89. The molecule has 0 aliphatic carbocycles. The van der Waals surface area contributed by atoms with Crippen molar-refractivity contribution in [3.05, 3.63) is 66.5 Å². The Morgan fingerprint density at radius 3 is 2.69 bits per heavy atom. The lowest BCUT2D eigenvalue weighted by atomic mass is 10.2. The molecule has 1 amide bonds. The van der Waals surface area contributed by atoms with Gasteiger partial charge >= 0.3 is 0 Å². The smallest absolute Gasteiger partial charge is 0.242 e. The Morgan fingerprint density at radius 1 is 1.19 bits per heavy atom. The number of hydrogen-bond acceptors (Lipinski definition) is 3. The highest BCUT2D eigenvalue weighted by Gasteiger charge is 2.18. The number of hydrogen-bond donors (Lipinski definition) is 1. The van der Waals surface area contributed by atoms with Gasteiger partial charge < -0.3 is 9.88 Å². The molecule has 2 heterocycles. The number of nitrogens with one attached hydrogen (secondary N) is 1. The molecule has 0 aliphatic rings. The number of benzene rings is 1. The van der Waals surface area contributed by atoms with E-state index in [1.54, 1.807) is 6.20 Å². The lowest BCUT2D eigenvalue weighted by molar-refractivity contribution is -0.123. The monoisotopic (exact) mass is 351 g/mol. The van der Waals surface area contributed by atoms with E-state index in [-0.39, 0.29) is 17.9 Å². The number of carbonyl (C=O) groups is 1. The van der Waals surface area contributed by atoms with Crippen molar-refractivity contribution in [2.75, 3.05) is 6.54 Å². The molecule has 1 N–H and O–H groups in total. The fourth-order valence-corrected chi connectivity index (χ4v) is 2.91. The Labute approximate surface area is 153 Å². The van der Waals surface area contributed by atoms with Gasteiger partial charge in [-0.3, -0.25) is 4.79 Å². The van der Waals surface area contributed by atoms with Crippen LogP contribution in [0.3, 0.4) is 0 Å². The average molecular weight is 351 g/mol. The standard InChI is InChI=1S/C20H25N5O/c1-15(2)19-21-11-12-24(19)16(3)20(26)22-10-9-17-13-23-25(14-17)18-7-5-4-6-8-18/h4-8,11-16H,9-10H2,1-3H3,(H,22,26). The molecule has 0 fully saturated rings. The number of nitrogens with zero attached hydrogens (tertiary/aromatic N) is 4. The van der Waals surface area contributed by atoms with Gasteiger partial charge in [0.1, 0.15) is 11.9 Å². The largest absolute Gasteiger partial charge is 0.354 e. The molecule has 26 heavy (non-hydrogen) atoms. The number of aromatic nitrogens is 4. The van der Waals surface area contributed by atoms with Crippen LogP contribution in [0.4, 0.5) is 0 Å². The number of para-hydroxylation sites is 1. The zero-order valence-electron chi connectivity index (χ0n) is 15.5. The predicted octanol–water partition coefficient (Wildman–Crippen LogP) is 3.11. The van der Waals surface area contributed by atoms with Crippen molar-refractivity contribution in [2.24, 2.45) is 0 Å². The van der Waals surface area contributed by atoms with Crippen molar-refractivity contribution in [1.82, 2.24) is 24.6 Å². The Balaban J connectivity index is 1.54. The van der Waals surface area contributed by atoms with Gasteiger partial charge in [0.15, 0.2) is 0 Å². The fraction of sp³-hybridized carbons (Fsp3) is 0.350. The van der Waals surface area contributed by atoms with Crippen LogP contribution in [-0.4, -0.2) is 31.8 Å². The first-order valence-electron chi connectivity index (χ1n) is 8.95. The van der Waals surface area contributed by atoms with E-state index in [1.165, 1.54) is 0 Å². The summed E-state index contributed by atoms with van der Waals surface area (Å²) in [6.07, 6.45) is 8.19. The molecular weight excluding hydrogens is 326 g/mol. The molecule has 0 aliphatic heterocycles. The normalized spacial score (nSPS) is 12.3. The minimum Gasteiger partial charge on any atom is -0.354 e. The van der Waals surface area contributed by atoms with E-state index in [0.29, 0.717) is 6.54 Å². The molecule has 1 unspecified atom stereocenters. The number of rotatable bonds is 7. The van der Waals surface area contributed by atoms with Gasteiger partial charge in [-0.2, -0.15) is 5.10 Å². The van der Waals surface area contributed by atoms with E-state index < -0.39 is 0 Å². The van der Waals surface area contributed by atoms with E-state index in [0.717, 1.165) is 23.5 Å². The van der Waals surface area contributed by atoms with Gasteiger partial charge in [-0.25, -0.2) is 9.67 Å². The van der Waals surface area contributed by atoms with Crippen LogP contribution in [0.1, 0.15) is 44.1 Å². The third kappa shape index (κ3) is 4.02. The SMILES string of the molecule is CC(C)c1nccn1C(C)C(=O)NCCc1cnn(-c2ccccc2)c1. The minimum absolute atomic E-state index is 0.000325. The summed E-state index contributed by atoms with van der Waals surface area (Å²) in [5.41, 5.74) is 2.12. The Bertz CT molecular complexity index is 850. The first-order chi connectivity index (χ1) is 12.6. The van der Waals surface area contributed by atoms with Gasteiger partial charge in [0.2, 0.25) is 5.91 Å². The molecule has 0 spiro atoms. The Kier molecular flexibility index (Phi) is 5.51. The van der Waals surface area contributed by atoms with E-state index >= 15 is 0 Å². The fourth-order valence-electron chi connectivity index (χ4n) is 2.91. The van der Waals surface area contributed by atoms with Gasteiger partial charge in [-0.15, -0.1) is 0 Å². The zero-order chi connectivity index (χ0) is 18.5. The van der Waals surface area contributed by atoms with Crippen LogP contribution >= 0.6 is 0 Å². The molecule has 1 atom stereocenters. The average Bonchev–Trinajstić information content (AvgIpc) is 3.31. The van der Waals surface area contributed by atoms with Gasteiger partial charge in [0.05, 0.1) is 11.9 Å². The lowest BCUT2D eigenvalue weighted by Gasteiger charge is -2.17. The van der Waals surface area contributed by atoms with Gasteiger partial charge in [-0.05, 0) is 31.0 Å². The molecule has 0 saturated heterocycles. The van der Waals surface area contributed by atoms with Crippen LogP contribution in [0.2, 0.25) is 0 Å². The summed E-state index contributed by atoms with van der Waals surface area (Å²) in [5.74, 6) is 1.21. The summed E-state index contributed by atoms with van der Waals surface area (Å²) in [5, 5.41) is 7.39. The summed E-state index contributed by atoms with van der Waals surface area (Å²) in [7, 11) is 0. The van der Waals surface area contributed by atoms with Crippen molar-refractivity contribution in [3.8, 4) is 5.69 Å². The summed E-state index contributed by atoms with van der Waals surface area (Å²) in [6, 6.07) is 9.70. The number of imidazole rings is 1. The molecule has 3 aromatic rings. The third-order valence-electron chi connectivity index (χ3n) is 4.38.